The molecule has 0 aliphatic heterocycles. The number of furan rings is 1. The van der Waals surface area contributed by atoms with Crippen molar-refractivity contribution in [2.24, 2.45) is 0 Å². The zero-order valence-electron chi connectivity index (χ0n) is 30.5. The lowest BCUT2D eigenvalue weighted by atomic mass is 9.82. The Hall–Kier alpha value is -7.04. The van der Waals surface area contributed by atoms with Gasteiger partial charge in [-0.05, 0) is 63.5 Å². The highest BCUT2D eigenvalue weighted by Crippen LogP contribution is 2.52. The van der Waals surface area contributed by atoms with Crippen molar-refractivity contribution in [3.8, 4) is 33.5 Å². The standard InChI is InChI=1S/C51H35N3O/c1-51(2)43-23-13-11-21-37(43)38-28-26-35(29-44(38)51)54(45-31-47-42(39-22-12-14-24-46(39)55-47)30-41(45)32-15-5-3-6-16-32)50-52-48(34-18-7-4-8-19-34)40-27-25-33-17-9-10-20-36(33)49(40)53-50/h3-31H,1-2H3. The Labute approximate surface area is 319 Å². The molecule has 0 atom stereocenters. The molecule has 260 valence electrons. The van der Waals surface area contributed by atoms with Crippen molar-refractivity contribution in [2.75, 3.05) is 4.90 Å². The fourth-order valence-electron chi connectivity index (χ4n) is 8.76. The minimum Gasteiger partial charge on any atom is -0.456 e. The van der Waals surface area contributed by atoms with Crippen LogP contribution in [0, 0.1) is 0 Å². The summed E-state index contributed by atoms with van der Waals surface area (Å²) in [5.74, 6) is 0.587. The van der Waals surface area contributed by atoms with Crippen molar-refractivity contribution in [1.29, 1.82) is 0 Å². The minimum atomic E-state index is -0.200. The second kappa shape index (κ2) is 12.0. The maximum atomic E-state index is 6.61. The summed E-state index contributed by atoms with van der Waals surface area (Å²) in [6.45, 7) is 4.65. The monoisotopic (exact) mass is 705 g/mol. The van der Waals surface area contributed by atoms with Gasteiger partial charge in [0.2, 0.25) is 5.95 Å². The molecule has 10 aromatic rings. The molecule has 0 unspecified atom stereocenters. The van der Waals surface area contributed by atoms with Crippen LogP contribution in [-0.2, 0) is 5.41 Å². The van der Waals surface area contributed by atoms with E-state index in [1.54, 1.807) is 0 Å². The number of benzene rings is 8. The van der Waals surface area contributed by atoms with Gasteiger partial charge in [-0.3, -0.25) is 4.90 Å². The van der Waals surface area contributed by atoms with E-state index < -0.39 is 0 Å². The molecular formula is C51H35N3O. The van der Waals surface area contributed by atoms with E-state index >= 15 is 0 Å². The molecule has 4 heteroatoms. The van der Waals surface area contributed by atoms with E-state index in [-0.39, 0.29) is 5.41 Å². The quantitative estimate of drug-likeness (QED) is 0.167. The average molecular weight is 706 g/mol. The minimum absolute atomic E-state index is 0.200. The summed E-state index contributed by atoms with van der Waals surface area (Å²) in [6.07, 6.45) is 0. The smallest absolute Gasteiger partial charge is 0.235 e. The van der Waals surface area contributed by atoms with Gasteiger partial charge in [0.05, 0.1) is 16.9 Å². The van der Waals surface area contributed by atoms with Crippen LogP contribution < -0.4 is 4.90 Å². The molecule has 0 amide bonds. The van der Waals surface area contributed by atoms with Gasteiger partial charge in [0.1, 0.15) is 11.2 Å². The molecule has 1 aliphatic carbocycles. The number of nitrogens with zero attached hydrogens (tertiary/aromatic N) is 3. The fraction of sp³-hybridized carbons (Fsp3) is 0.0588. The second-order valence-corrected chi connectivity index (χ2v) is 15.0. The van der Waals surface area contributed by atoms with Crippen LogP contribution in [0.15, 0.2) is 180 Å². The third-order valence-electron chi connectivity index (χ3n) is 11.5. The second-order valence-electron chi connectivity index (χ2n) is 15.0. The van der Waals surface area contributed by atoms with Gasteiger partial charge in [-0.1, -0.05) is 153 Å². The van der Waals surface area contributed by atoms with Gasteiger partial charge < -0.3 is 4.42 Å². The van der Waals surface area contributed by atoms with E-state index in [4.69, 9.17) is 14.4 Å². The van der Waals surface area contributed by atoms with Crippen LogP contribution in [-0.4, -0.2) is 9.97 Å². The summed E-state index contributed by atoms with van der Waals surface area (Å²) in [7, 11) is 0. The summed E-state index contributed by atoms with van der Waals surface area (Å²) < 4.78 is 6.61. The van der Waals surface area contributed by atoms with Crippen molar-refractivity contribution in [3.05, 3.63) is 187 Å². The number of aromatic nitrogens is 2. The number of hydrogen-bond donors (Lipinski definition) is 0. The maximum absolute atomic E-state index is 6.61. The molecule has 0 fully saturated rings. The first-order valence-electron chi connectivity index (χ1n) is 18.8. The van der Waals surface area contributed by atoms with Crippen LogP contribution in [0.25, 0.3) is 77.1 Å². The Balaban J connectivity index is 1.27. The van der Waals surface area contributed by atoms with Crippen LogP contribution in [0.5, 0.6) is 0 Å². The van der Waals surface area contributed by atoms with Crippen molar-refractivity contribution in [3.63, 3.8) is 0 Å². The molecule has 2 heterocycles. The van der Waals surface area contributed by atoms with E-state index in [0.717, 1.165) is 77.4 Å². The summed E-state index contributed by atoms with van der Waals surface area (Å²) in [5.41, 5.74) is 13.5. The molecule has 0 spiro atoms. The van der Waals surface area contributed by atoms with Crippen LogP contribution >= 0.6 is 0 Å². The Kier molecular flexibility index (Phi) is 6.86. The summed E-state index contributed by atoms with van der Waals surface area (Å²) in [5, 5.41) is 5.39. The summed E-state index contributed by atoms with van der Waals surface area (Å²) >= 11 is 0. The van der Waals surface area contributed by atoms with Crippen LogP contribution in [0.4, 0.5) is 17.3 Å². The largest absolute Gasteiger partial charge is 0.456 e. The first-order chi connectivity index (χ1) is 27.0. The van der Waals surface area contributed by atoms with Gasteiger partial charge in [-0.15, -0.1) is 0 Å². The Morgan fingerprint density at radius 2 is 1.16 bits per heavy atom. The lowest BCUT2D eigenvalue weighted by molar-refractivity contribution is 0.660. The third kappa shape index (κ3) is 4.85. The highest BCUT2D eigenvalue weighted by molar-refractivity contribution is 6.11. The zero-order valence-corrected chi connectivity index (χ0v) is 30.5. The Bertz CT molecular complexity index is 3130. The Morgan fingerprint density at radius 1 is 0.473 bits per heavy atom. The molecule has 0 radical (unpaired) electrons. The van der Waals surface area contributed by atoms with E-state index in [1.165, 1.54) is 22.3 Å². The van der Waals surface area contributed by atoms with E-state index in [0.29, 0.717) is 5.95 Å². The van der Waals surface area contributed by atoms with E-state index in [1.807, 2.05) is 12.1 Å². The maximum Gasteiger partial charge on any atom is 0.235 e. The summed E-state index contributed by atoms with van der Waals surface area (Å²) in [6, 6.07) is 62.3. The first-order valence-corrected chi connectivity index (χ1v) is 18.8. The molecular weight excluding hydrogens is 671 g/mol. The molecule has 2 aromatic heterocycles. The topological polar surface area (TPSA) is 42.2 Å². The third-order valence-corrected chi connectivity index (χ3v) is 11.5. The number of rotatable bonds is 5. The molecule has 0 bridgehead atoms. The number of para-hydroxylation sites is 1. The fourth-order valence-corrected chi connectivity index (χ4v) is 8.76. The average Bonchev–Trinajstić information content (AvgIpc) is 3.71. The van der Waals surface area contributed by atoms with Gasteiger partial charge in [0, 0.05) is 49.8 Å². The summed E-state index contributed by atoms with van der Waals surface area (Å²) in [4.78, 5) is 13.3. The Morgan fingerprint density at radius 3 is 2.00 bits per heavy atom. The molecule has 0 saturated carbocycles. The molecule has 0 saturated heterocycles. The van der Waals surface area contributed by atoms with Crippen LogP contribution in [0.3, 0.4) is 0 Å². The van der Waals surface area contributed by atoms with Gasteiger partial charge >= 0.3 is 0 Å². The van der Waals surface area contributed by atoms with E-state index in [2.05, 4.69) is 183 Å². The number of hydrogen-bond acceptors (Lipinski definition) is 4. The van der Waals surface area contributed by atoms with E-state index in [9.17, 15) is 0 Å². The van der Waals surface area contributed by atoms with Gasteiger partial charge in [0.15, 0.2) is 0 Å². The molecule has 1 aliphatic rings. The lowest BCUT2D eigenvalue weighted by Crippen LogP contribution is -2.18. The predicted octanol–water partition coefficient (Wildman–Crippen LogP) is 13.8. The van der Waals surface area contributed by atoms with Gasteiger partial charge in [-0.2, -0.15) is 0 Å². The highest BCUT2D eigenvalue weighted by atomic mass is 16.3. The molecule has 55 heavy (non-hydrogen) atoms. The van der Waals surface area contributed by atoms with Crippen molar-refractivity contribution in [1.82, 2.24) is 9.97 Å². The van der Waals surface area contributed by atoms with Crippen molar-refractivity contribution >= 4 is 60.9 Å². The van der Waals surface area contributed by atoms with Gasteiger partial charge in [0.25, 0.3) is 0 Å². The lowest BCUT2D eigenvalue weighted by Gasteiger charge is -2.29. The number of fused-ring (bicyclic) bond motifs is 9. The molecule has 11 rings (SSSR count). The molecule has 8 aromatic carbocycles. The normalized spacial score (nSPS) is 13.1. The van der Waals surface area contributed by atoms with Crippen molar-refractivity contribution < 1.29 is 4.42 Å². The highest BCUT2D eigenvalue weighted by Gasteiger charge is 2.36. The predicted molar refractivity (Wildman–Crippen MR) is 227 cm³/mol. The molecule has 0 N–H and O–H groups in total. The van der Waals surface area contributed by atoms with Crippen LogP contribution in [0.2, 0.25) is 0 Å². The SMILES string of the molecule is CC1(C)c2ccccc2-c2ccc(N(c3nc(-c4ccccc4)c4ccc5ccccc5c4n3)c3cc4oc5ccccc5c4cc3-c3ccccc3)cc21. The first kappa shape index (κ1) is 31.5. The van der Waals surface area contributed by atoms with Crippen LogP contribution in [0.1, 0.15) is 25.0 Å². The van der Waals surface area contributed by atoms with Crippen molar-refractivity contribution in [2.45, 2.75) is 19.3 Å². The number of anilines is 3. The molecule has 4 nitrogen and oxygen atoms in total. The van der Waals surface area contributed by atoms with Gasteiger partial charge in [-0.25, -0.2) is 9.97 Å². The zero-order chi connectivity index (χ0) is 36.7.